The van der Waals surface area contributed by atoms with Gasteiger partial charge in [-0.05, 0) is 24.3 Å². The molecule has 0 aliphatic heterocycles. The monoisotopic (exact) mass is 257 g/mol. The minimum atomic E-state index is 0.394. The quantitative estimate of drug-likeness (QED) is 0.663. The lowest BCUT2D eigenvalue weighted by molar-refractivity contribution is 0.112. The number of rotatable bonds is 2. The van der Waals surface area contributed by atoms with E-state index < -0.39 is 0 Å². The Kier molecular flexibility index (Phi) is 2.57. The molecule has 88 valence electrons. The van der Waals surface area contributed by atoms with Crippen molar-refractivity contribution in [3.63, 3.8) is 0 Å². The van der Waals surface area contributed by atoms with Gasteiger partial charge in [0.15, 0.2) is 6.29 Å². The zero-order valence-electron chi connectivity index (χ0n) is 9.25. The third-order valence-corrected chi connectivity index (χ3v) is 2.88. The van der Waals surface area contributed by atoms with Crippen LogP contribution in [0.3, 0.4) is 0 Å². The van der Waals surface area contributed by atoms with E-state index in [1.54, 1.807) is 35.1 Å². The van der Waals surface area contributed by atoms with Crippen LogP contribution in [0.1, 0.15) is 10.5 Å². The Hall–Kier alpha value is -2.20. The average molecular weight is 258 g/mol. The Bertz CT molecular complexity index is 722. The number of hydrogen-bond acceptors (Lipinski definition) is 3. The van der Waals surface area contributed by atoms with Crippen LogP contribution in [0.5, 0.6) is 0 Å². The fraction of sp³-hybridized carbons (Fsp3) is 0. The van der Waals surface area contributed by atoms with Crippen LogP contribution in [-0.4, -0.2) is 20.7 Å². The lowest BCUT2D eigenvalue weighted by Gasteiger charge is -2.00. The van der Waals surface area contributed by atoms with Gasteiger partial charge in [-0.3, -0.25) is 14.2 Å². The molecule has 0 spiro atoms. The average Bonchev–Trinajstić information content (AvgIpc) is 2.77. The van der Waals surface area contributed by atoms with Crippen LogP contribution >= 0.6 is 11.6 Å². The van der Waals surface area contributed by atoms with Gasteiger partial charge in [0.05, 0.1) is 10.5 Å². The summed E-state index contributed by atoms with van der Waals surface area (Å²) >= 11 is 5.98. The van der Waals surface area contributed by atoms with Gasteiger partial charge < -0.3 is 0 Å². The zero-order valence-corrected chi connectivity index (χ0v) is 10.0. The number of aromatic nitrogens is 3. The zero-order chi connectivity index (χ0) is 12.5. The molecule has 0 atom stereocenters. The molecule has 3 heterocycles. The molecule has 0 unspecified atom stereocenters. The third kappa shape index (κ3) is 1.67. The molecule has 5 heteroatoms. The summed E-state index contributed by atoms with van der Waals surface area (Å²) in [6.07, 6.45) is 5.86. The fourth-order valence-electron chi connectivity index (χ4n) is 1.87. The molecule has 0 aliphatic carbocycles. The first-order valence-electron chi connectivity index (χ1n) is 5.33. The van der Waals surface area contributed by atoms with Crippen LogP contribution in [0.25, 0.3) is 16.9 Å². The standard InChI is InChI=1S/C13H8ClN3O/c14-10-3-4-12-11(8-18)16-13(17(12)7-10)9-2-1-5-15-6-9/h1-8H. The van der Waals surface area contributed by atoms with Gasteiger partial charge >= 0.3 is 0 Å². The maximum atomic E-state index is 11.0. The van der Waals surface area contributed by atoms with Gasteiger partial charge in [-0.1, -0.05) is 11.6 Å². The van der Waals surface area contributed by atoms with Crippen LogP contribution in [-0.2, 0) is 0 Å². The molecule has 0 saturated carbocycles. The number of aldehydes is 1. The molecule has 0 aliphatic rings. The van der Waals surface area contributed by atoms with Crippen molar-refractivity contribution < 1.29 is 4.79 Å². The first-order chi connectivity index (χ1) is 8.79. The molecule has 0 radical (unpaired) electrons. The van der Waals surface area contributed by atoms with E-state index in [4.69, 9.17) is 11.6 Å². The van der Waals surface area contributed by atoms with Gasteiger partial charge in [-0.15, -0.1) is 0 Å². The molecule has 0 N–H and O–H groups in total. The first kappa shape index (κ1) is 10.9. The highest BCUT2D eigenvalue weighted by Gasteiger charge is 2.12. The summed E-state index contributed by atoms with van der Waals surface area (Å²) in [5, 5.41) is 0.586. The first-order valence-corrected chi connectivity index (χ1v) is 5.70. The number of carbonyl (C=O) groups excluding carboxylic acids is 1. The van der Waals surface area contributed by atoms with E-state index in [9.17, 15) is 4.79 Å². The summed E-state index contributed by atoms with van der Waals surface area (Å²) in [6, 6.07) is 7.22. The molecule has 3 aromatic rings. The molecule has 3 aromatic heterocycles. The van der Waals surface area contributed by atoms with Crippen LogP contribution in [0, 0.1) is 0 Å². The van der Waals surface area contributed by atoms with E-state index in [2.05, 4.69) is 9.97 Å². The normalized spacial score (nSPS) is 10.7. The van der Waals surface area contributed by atoms with Crippen molar-refractivity contribution in [1.29, 1.82) is 0 Å². The summed E-state index contributed by atoms with van der Waals surface area (Å²) in [5.41, 5.74) is 1.96. The minimum Gasteiger partial charge on any atom is -0.297 e. The number of fused-ring (bicyclic) bond motifs is 1. The molecule has 3 rings (SSSR count). The highest BCUT2D eigenvalue weighted by Crippen LogP contribution is 2.23. The highest BCUT2D eigenvalue weighted by molar-refractivity contribution is 6.30. The number of carbonyl (C=O) groups is 1. The lowest BCUT2D eigenvalue weighted by atomic mass is 10.3. The van der Waals surface area contributed by atoms with Gasteiger partial charge in [0.2, 0.25) is 0 Å². The van der Waals surface area contributed by atoms with Crippen LogP contribution in [0.4, 0.5) is 0 Å². The van der Waals surface area contributed by atoms with Gasteiger partial charge in [-0.25, -0.2) is 4.98 Å². The molecule has 4 nitrogen and oxygen atoms in total. The molecule has 0 fully saturated rings. The predicted molar refractivity (Wildman–Crippen MR) is 68.8 cm³/mol. The second-order valence-corrected chi connectivity index (χ2v) is 4.22. The van der Waals surface area contributed by atoms with Crippen LogP contribution in [0.15, 0.2) is 42.9 Å². The molecular weight excluding hydrogens is 250 g/mol. The number of imidazole rings is 1. The van der Waals surface area contributed by atoms with E-state index in [-0.39, 0.29) is 0 Å². The Balaban J connectivity index is 2.36. The summed E-state index contributed by atoms with van der Waals surface area (Å²) in [7, 11) is 0. The summed E-state index contributed by atoms with van der Waals surface area (Å²) in [4.78, 5) is 19.4. The number of pyridine rings is 2. The Labute approximate surface area is 108 Å². The van der Waals surface area contributed by atoms with E-state index in [0.29, 0.717) is 16.5 Å². The Morgan fingerprint density at radius 3 is 2.89 bits per heavy atom. The predicted octanol–water partition coefficient (Wildman–Crippen LogP) is 2.86. The van der Waals surface area contributed by atoms with Crippen molar-refractivity contribution in [2.45, 2.75) is 0 Å². The second kappa shape index (κ2) is 4.23. The topological polar surface area (TPSA) is 47.3 Å². The fourth-order valence-corrected chi connectivity index (χ4v) is 2.03. The van der Waals surface area contributed by atoms with Crippen molar-refractivity contribution >= 4 is 23.4 Å². The molecule has 0 aromatic carbocycles. The smallest absolute Gasteiger partial charge is 0.170 e. The lowest BCUT2D eigenvalue weighted by Crippen LogP contribution is -1.89. The second-order valence-electron chi connectivity index (χ2n) is 3.78. The van der Waals surface area contributed by atoms with E-state index >= 15 is 0 Å². The van der Waals surface area contributed by atoms with Crippen molar-refractivity contribution in [2.24, 2.45) is 0 Å². The van der Waals surface area contributed by atoms with Gasteiger partial charge in [0.1, 0.15) is 11.5 Å². The molecule has 0 bridgehead atoms. The number of halogens is 1. The van der Waals surface area contributed by atoms with Crippen molar-refractivity contribution in [2.75, 3.05) is 0 Å². The third-order valence-electron chi connectivity index (χ3n) is 2.66. The molecule has 0 saturated heterocycles. The maximum Gasteiger partial charge on any atom is 0.170 e. The number of hydrogen-bond donors (Lipinski definition) is 0. The highest BCUT2D eigenvalue weighted by atomic mass is 35.5. The molecule has 0 amide bonds. The molecular formula is C13H8ClN3O. The van der Waals surface area contributed by atoms with E-state index in [0.717, 1.165) is 17.4 Å². The van der Waals surface area contributed by atoms with Gasteiger partial charge in [-0.2, -0.15) is 0 Å². The van der Waals surface area contributed by atoms with Crippen molar-refractivity contribution in [1.82, 2.24) is 14.4 Å². The van der Waals surface area contributed by atoms with Crippen molar-refractivity contribution in [3.05, 3.63) is 53.6 Å². The van der Waals surface area contributed by atoms with E-state index in [1.165, 1.54) is 0 Å². The van der Waals surface area contributed by atoms with Crippen molar-refractivity contribution in [3.8, 4) is 11.4 Å². The minimum absolute atomic E-state index is 0.394. The van der Waals surface area contributed by atoms with Crippen LogP contribution < -0.4 is 0 Å². The Morgan fingerprint density at radius 2 is 2.17 bits per heavy atom. The summed E-state index contributed by atoms with van der Waals surface area (Å²) in [5.74, 6) is 0.655. The SMILES string of the molecule is O=Cc1nc(-c2cccnc2)n2cc(Cl)ccc12. The van der Waals surface area contributed by atoms with Crippen LogP contribution in [0.2, 0.25) is 5.02 Å². The summed E-state index contributed by atoms with van der Waals surface area (Å²) in [6.45, 7) is 0. The largest absolute Gasteiger partial charge is 0.297 e. The molecule has 18 heavy (non-hydrogen) atoms. The Morgan fingerprint density at radius 1 is 1.28 bits per heavy atom. The van der Waals surface area contributed by atoms with E-state index in [1.807, 2.05) is 12.1 Å². The maximum absolute atomic E-state index is 11.0. The number of nitrogens with zero attached hydrogens (tertiary/aromatic N) is 3. The van der Waals surface area contributed by atoms with Gasteiger partial charge in [0, 0.05) is 24.2 Å². The van der Waals surface area contributed by atoms with Gasteiger partial charge in [0.25, 0.3) is 0 Å². The summed E-state index contributed by atoms with van der Waals surface area (Å²) < 4.78 is 1.79.